The molecule has 114 valence electrons. The van der Waals surface area contributed by atoms with E-state index in [4.69, 9.17) is 0 Å². The lowest BCUT2D eigenvalue weighted by atomic mass is 9.97. The number of hydrogen-bond donors (Lipinski definition) is 1. The van der Waals surface area contributed by atoms with Gasteiger partial charge in [0.25, 0.3) is 0 Å². The predicted octanol–water partition coefficient (Wildman–Crippen LogP) is 2.73. The van der Waals surface area contributed by atoms with Gasteiger partial charge < -0.3 is 9.88 Å². The Hall–Kier alpha value is -1.75. The van der Waals surface area contributed by atoms with E-state index in [1.165, 1.54) is 11.1 Å². The Balaban J connectivity index is 1.33. The summed E-state index contributed by atoms with van der Waals surface area (Å²) in [6, 6.07) is 8.49. The van der Waals surface area contributed by atoms with Crippen LogP contribution in [0.3, 0.4) is 0 Å². The van der Waals surface area contributed by atoms with Crippen LogP contribution in [-0.2, 0) is 24.3 Å². The summed E-state index contributed by atoms with van der Waals surface area (Å²) in [6.07, 6.45) is 4.82. The van der Waals surface area contributed by atoms with Gasteiger partial charge in [-0.15, -0.1) is 0 Å². The smallest absolute Gasteiger partial charge is 0.220 e. The van der Waals surface area contributed by atoms with Gasteiger partial charge in [0.05, 0.1) is 12.2 Å². The fourth-order valence-electron chi connectivity index (χ4n) is 3.39. The van der Waals surface area contributed by atoms with Gasteiger partial charge in [-0.05, 0) is 29.9 Å². The molecule has 2 aliphatic rings. The van der Waals surface area contributed by atoms with Gasteiger partial charge in [-0.2, -0.15) is 0 Å². The third-order valence-electron chi connectivity index (χ3n) is 4.51. The van der Waals surface area contributed by atoms with Crippen molar-refractivity contribution in [2.75, 3.05) is 5.75 Å². The number of amides is 1. The Morgan fingerprint density at radius 3 is 3.23 bits per heavy atom. The molecule has 0 fully saturated rings. The van der Waals surface area contributed by atoms with Crippen molar-refractivity contribution in [3.63, 3.8) is 0 Å². The summed E-state index contributed by atoms with van der Waals surface area (Å²) < 4.78 is 2.17. The van der Waals surface area contributed by atoms with Crippen LogP contribution in [-0.4, -0.2) is 21.2 Å². The molecule has 5 heteroatoms. The van der Waals surface area contributed by atoms with Gasteiger partial charge in [0.15, 0.2) is 5.16 Å². The number of carbonyl (C=O) groups excluding carboxylic acids is 1. The Bertz CT molecular complexity index is 688. The number of rotatable bonds is 4. The highest BCUT2D eigenvalue weighted by atomic mass is 32.2. The van der Waals surface area contributed by atoms with Crippen LogP contribution in [0.15, 0.2) is 35.6 Å². The minimum atomic E-state index is 0.127. The fourth-order valence-corrected chi connectivity index (χ4v) is 4.35. The van der Waals surface area contributed by atoms with Crippen molar-refractivity contribution in [3.05, 3.63) is 47.3 Å². The molecule has 0 saturated heterocycles. The third-order valence-corrected chi connectivity index (χ3v) is 5.48. The normalized spacial score (nSPS) is 19.0. The molecule has 4 rings (SSSR count). The number of imidazole rings is 1. The predicted molar refractivity (Wildman–Crippen MR) is 86.9 cm³/mol. The van der Waals surface area contributed by atoms with E-state index in [9.17, 15) is 4.79 Å². The summed E-state index contributed by atoms with van der Waals surface area (Å²) >= 11 is 1.78. The zero-order valence-electron chi connectivity index (χ0n) is 12.4. The first-order valence-corrected chi connectivity index (χ1v) is 8.81. The first-order valence-electron chi connectivity index (χ1n) is 7.83. The minimum Gasteiger partial charge on any atom is -0.350 e. The number of fused-ring (bicyclic) bond motifs is 2. The second kappa shape index (κ2) is 5.80. The Morgan fingerprint density at radius 1 is 1.41 bits per heavy atom. The fraction of sp³-hybridized carbons (Fsp3) is 0.412. The molecule has 1 aromatic carbocycles. The summed E-state index contributed by atoms with van der Waals surface area (Å²) in [6.45, 7) is 1.56. The van der Waals surface area contributed by atoms with Crippen LogP contribution in [0, 0.1) is 0 Å². The van der Waals surface area contributed by atoms with Crippen molar-refractivity contribution in [2.24, 2.45) is 0 Å². The highest BCUT2D eigenvalue weighted by molar-refractivity contribution is 7.99. The number of aromatic nitrogens is 2. The maximum atomic E-state index is 12.2. The molecule has 0 unspecified atom stereocenters. The molecule has 1 atom stereocenters. The molecule has 2 heterocycles. The molecule has 0 saturated carbocycles. The summed E-state index contributed by atoms with van der Waals surface area (Å²) in [4.78, 5) is 16.7. The van der Waals surface area contributed by atoms with Crippen molar-refractivity contribution in [1.82, 2.24) is 14.9 Å². The van der Waals surface area contributed by atoms with E-state index in [1.54, 1.807) is 11.8 Å². The lowest BCUT2D eigenvalue weighted by Gasteiger charge is -2.11. The topological polar surface area (TPSA) is 46.9 Å². The van der Waals surface area contributed by atoms with E-state index in [0.29, 0.717) is 18.9 Å². The molecule has 1 amide bonds. The molecule has 0 spiro atoms. The van der Waals surface area contributed by atoms with Gasteiger partial charge >= 0.3 is 0 Å². The standard InChI is InChI=1S/C17H19N3OS/c21-16(9-13-6-5-12-3-1-2-4-15(12)13)18-10-14-11-20-7-8-22-17(20)19-14/h1-4,11,13H,5-10H2,(H,18,21)/t13-/m1/s1. The van der Waals surface area contributed by atoms with Gasteiger partial charge in [0, 0.05) is 24.9 Å². The minimum absolute atomic E-state index is 0.127. The lowest BCUT2D eigenvalue weighted by Crippen LogP contribution is -2.24. The van der Waals surface area contributed by atoms with E-state index in [2.05, 4.69) is 45.3 Å². The van der Waals surface area contributed by atoms with E-state index in [0.717, 1.165) is 36.0 Å². The monoisotopic (exact) mass is 313 g/mol. The molecule has 1 aliphatic heterocycles. The number of hydrogen-bond acceptors (Lipinski definition) is 3. The first-order chi connectivity index (χ1) is 10.8. The van der Waals surface area contributed by atoms with Crippen LogP contribution in [0.25, 0.3) is 0 Å². The summed E-state index contributed by atoms with van der Waals surface area (Å²) in [7, 11) is 0. The van der Waals surface area contributed by atoms with Gasteiger partial charge in [-0.1, -0.05) is 36.0 Å². The van der Waals surface area contributed by atoms with E-state index in [-0.39, 0.29) is 5.91 Å². The molecule has 1 aromatic heterocycles. The average Bonchev–Trinajstić information content (AvgIpc) is 3.20. The van der Waals surface area contributed by atoms with Crippen LogP contribution in [0.1, 0.15) is 35.6 Å². The van der Waals surface area contributed by atoms with Crippen molar-refractivity contribution < 1.29 is 4.79 Å². The highest BCUT2D eigenvalue weighted by Gasteiger charge is 2.24. The van der Waals surface area contributed by atoms with E-state index < -0.39 is 0 Å². The molecule has 2 aromatic rings. The van der Waals surface area contributed by atoms with Crippen LogP contribution in [0.2, 0.25) is 0 Å². The van der Waals surface area contributed by atoms with Crippen LogP contribution >= 0.6 is 11.8 Å². The summed E-state index contributed by atoms with van der Waals surface area (Å²) in [5.74, 6) is 1.61. The number of aryl methyl sites for hydroxylation is 2. The maximum Gasteiger partial charge on any atom is 0.220 e. The van der Waals surface area contributed by atoms with Gasteiger partial charge in [0.2, 0.25) is 5.91 Å². The lowest BCUT2D eigenvalue weighted by molar-refractivity contribution is -0.121. The van der Waals surface area contributed by atoms with Gasteiger partial charge in [0.1, 0.15) is 0 Å². The zero-order chi connectivity index (χ0) is 14.9. The van der Waals surface area contributed by atoms with Crippen molar-refractivity contribution in [3.8, 4) is 0 Å². The second-order valence-corrected chi connectivity index (χ2v) is 7.03. The quantitative estimate of drug-likeness (QED) is 0.944. The maximum absolute atomic E-state index is 12.2. The van der Waals surface area contributed by atoms with Crippen molar-refractivity contribution in [2.45, 2.75) is 43.4 Å². The molecule has 1 N–H and O–H groups in total. The van der Waals surface area contributed by atoms with E-state index in [1.807, 2.05) is 0 Å². The SMILES string of the molecule is O=C(C[C@H]1CCc2ccccc21)NCc1cn2c(n1)SCC2. The molecular formula is C17H19N3OS. The molecule has 0 bridgehead atoms. The van der Waals surface area contributed by atoms with Crippen LogP contribution in [0.5, 0.6) is 0 Å². The van der Waals surface area contributed by atoms with Crippen LogP contribution < -0.4 is 5.32 Å². The summed E-state index contributed by atoms with van der Waals surface area (Å²) in [5, 5.41) is 4.10. The molecular weight excluding hydrogens is 294 g/mol. The number of thioether (sulfide) groups is 1. The summed E-state index contributed by atoms with van der Waals surface area (Å²) in [5.41, 5.74) is 3.72. The third kappa shape index (κ3) is 2.65. The highest BCUT2D eigenvalue weighted by Crippen LogP contribution is 2.35. The van der Waals surface area contributed by atoms with Gasteiger partial charge in [-0.3, -0.25) is 4.79 Å². The Labute approximate surface area is 134 Å². The average molecular weight is 313 g/mol. The Kier molecular flexibility index (Phi) is 3.66. The number of nitrogens with zero attached hydrogens (tertiary/aromatic N) is 2. The molecule has 0 radical (unpaired) electrons. The first kappa shape index (κ1) is 13.9. The van der Waals surface area contributed by atoms with E-state index >= 15 is 0 Å². The Morgan fingerprint density at radius 2 is 2.32 bits per heavy atom. The number of benzene rings is 1. The molecule has 4 nitrogen and oxygen atoms in total. The number of nitrogens with one attached hydrogen (secondary N) is 1. The number of carbonyl (C=O) groups is 1. The zero-order valence-corrected chi connectivity index (χ0v) is 13.2. The molecule has 1 aliphatic carbocycles. The van der Waals surface area contributed by atoms with Crippen molar-refractivity contribution >= 4 is 17.7 Å². The second-order valence-electron chi connectivity index (χ2n) is 5.97. The molecule has 22 heavy (non-hydrogen) atoms. The van der Waals surface area contributed by atoms with Crippen molar-refractivity contribution in [1.29, 1.82) is 0 Å². The van der Waals surface area contributed by atoms with Gasteiger partial charge in [-0.25, -0.2) is 4.98 Å². The van der Waals surface area contributed by atoms with Crippen LogP contribution in [0.4, 0.5) is 0 Å². The largest absolute Gasteiger partial charge is 0.350 e.